The maximum absolute atomic E-state index is 12.0. The Morgan fingerprint density at radius 2 is 1.64 bits per heavy atom. The number of hydrogen-bond donors (Lipinski definition) is 2. The standard InChI is InChI=1S/C27H30N2O3S/c1-15-11-20-21(27(5,6)10-9-26(20,3)4)14-18(15)19-12-17(7-8-22(19)28-16(2)30)13-23-24(31)29-25(32)33-23/h7-8,11-14H,9-10H2,1-6H3,(H,28,30)(H,29,31,32). The number of aryl methyl sites for hydroxylation is 1. The zero-order valence-electron chi connectivity index (χ0n) is 20.0. The molecular weight excluding hydrogens is 432 g/mol. The highest BCUT2D eigenvalue weighted by atomic mass is 32.2. The summed E-state index contributed by atoms with van der Waals surface area (Å²) in [5.74, 6) is -0.526. The number of rotatable bonds is 3. The Bertz CT molecular complexity index is 1220. The number of benzene rings is 2. The van der Waals surface area contributed by atoms with Gasteiger partial charge in [-0.05, 0) is 94.4 Å². The van der Waals surface area contributed by atoms with Gasteiger partial charge >= 0.3 is 0 Å². The second-order valence-electron chi connectivity index (χ2n) is 10.3. The minimum absolute atomic E-state index is 0.0556. The lowest BCUT2D eigenvalue weighted by Gasteiger charge is -2.42. The van der Waals surface area contributed by atoms with Crippen LogP contribution in [0.4, 0.5) is 10.5 Å². The third-order valence-electron chi connectivity index (χ3n) is 6.78. The Labute approximate surface area is 199 Å². The van der Waals surface area contributed by atoms with Crippen molar-refractivity contribution in [2.45, 2.75) is 65.2 Å². The number of imide groups is 1. The van der Waals surface area contributed by atoms with Crippen molar-refractivity contribution < 1.29 is 14.4 Å². The first-order chi connectivity index (χ1) is 15.4. The fourth-order valence-electron chi connectivity index (χ4n) is 4.76. The molecule has 2 aliphatic rings. The van der Waals surface area contributed by atoms with Crippen LogP contribution in [0.1, 0.15) is 69.7 Å². The van der Waals surface area contributed by atoms with Crippen molar-refractivity contribution in [2.24, 2.45) is 0 Å². The average Bonchev–Trinajstić information content (AvgIpc) is 3.03. The van der Waals surface area contributed by atoms with E-state index in [4.69, 9.17) is 0 Å². The Hall–Kier alpha value is -2.86. The Kier molecular flexibility index (Phi) is 5.77. The van der Waals surface area contributed by atoms with Gasteiger partial charge in [-0.2, -0.15) is 0 Å². The minimum Gasteiger partial charge on any atom is -0.326 e. The molecule has 1 fully saturated rings. The van der Waals surface area contributed by atoms with Crippen molar-refractivity contribution in [3.63, 3.8) is 0 Å². The predicted molar refractivity (Wildman–Crippen MR) is 135 cm³/mol. The van der Waals surface area contributed by atoms with Crippen LogP contribution < -0.4 is 10.6 Å². The van der Waals surface area contributed by atoms with Gasteiger partial charge in [0.1, 0.15) is 0 Å². The third kappa shape index (κ3) is 4.49. The number of carbonyl (C=O) groups excluding carboxylic acids is 3. The summed E-state index contributed by atoms with van der Waals surface area (Å²) in [7, 11) is 0. The van der Waals surface area contributed by atoms with Crippen molar-refractivity contribution >= 4 is 40.6 Å². The van der Waals surface area contributed by atoms with E-state index < -0.39 is 0 Å². The number of thioether (sulfide) groups is 1. The van der Waals surface area contributed by atoms with Gasteiger partial charge < -0.3 is 5.32 Å². The molecule has 3 amide bonds. The minimum atomic E-state index is -0.383. The van der Waals surface area contributed by atoms with Gasteiger partial charge in [0.15, 0.2) is 0 Å². The molecule has 0 atom stereocenters. The second kappa shape index (κ2) is 8.17. The van der Waals surface area contributed by atoms with E-state index >= 15 is 0 Å². The summed E-state index contributed by atoms with van der Waals surface area (Å²) >= 11 is 0.898. The molecule has 0 spiro atoms. The van der Waals surface area contributed by atoms with Gasteiger partial charge in [-0.15, -0.1) is 0 Å². The highest BCUT2D eigenvalue weighted by molar-refractivity contribution is 8.18. The average molecular weight is 463 g/mol. The van der Waals surface area contributed by atoms with Gasteiger partial charge in [-0.3, -0.25) is 19.7 Å². The topological polar surface area (TPSA) is 75.3 Å². The number of hydrogen-bond acceptors (Lipinski definition) is 4. The SMILES string of the molecule is CC(=O)Nc1ccc(C=C2SC(=O)NC2=O)cc1-c1cc2c(cc1C)C(C)(C)CCC2(C)C. The van der Waals surface area contributed by atoms with E-state index in [1.165, 1.54) is 18.1 Å². The lowest BCUT2D eigenvalue weighted by atomic mass is 9.62. The van der Waals surface area contributed by atoms with E-state index in [1.807, 2.05) is 18.2 Å². The van der Waals surface area contributed by atoms with Crippen molar-refractivity contribution in [1.82, 2.24) is 5.32 Å². The van der Waals surface area contributed by atoms with E-state index in [2.05, 4.69) is 57.4 Å². The number of anilines is 1. The number of carbonyl (C=O) groups is 3. The van der Waals surface area contributed by atoms with Crippen molar-refractivity contribution in [1.29, 1.82) is 0 Å². The normalized spacial score (nSPS) is 19.9. The first kappa shape index (κ1) is 23.3. The van der Waals surface area contributed by atoms with Gasteiger partial charge in [0.25, 0.3) is 11.1 Å². The van der Waals surface area contributed by atoms with E-state index in [-0.39, 0.29) is 27.9 Å². The van der Waals surface area contributed by atoms with Crippen LogP contribution in [0.25, 0.3) is 17.2 Å². The molecule has 2 N–H and O–H groups in total. The first-order valence-electron chi connectivity index (χ1n) is 11.2. The summed E-state index contributed by atoms with van der Waals surface area (Å²) in [6.45, 7) is 12.8. The monoisotopic (exact) mass is 462 g/mol. The molecule has 2 aromatic carbocycles. The summed E-state index contributed by atoms with van der Waals surface area (Å²) in [5.41, 5.74) is 7.50. The van der Waals surface area contributed by atoms with Crippen LogP contribution >= 0.6 is 11.8 Å². The number of nitrogens with one attached hydrogen (secondary N) is 2. The molecule has 1 heterocycles. The van der Waals surface area contributed by atoms with Gasteiger partial charge in [0.05, 0.1) is 4.91 Å². The molecule has 0 radical (unpaired) electrons. The molecular formula is C27H30N2O3S. The van der Waals surface area contributed by atoms with Crippen LogP contribution in [0.3, 0.4) is 0 Å². The van der Waals surface area contributed by atoms with Gasteiger partial charge in [0.2, 0.25) is 5.91 Å². The summed E-state index contributed by atoms with van der Waals surface area (Å²) in [4.78, 5) is 35.9. The Morgan fingerprint density at radius 1 is 1.00 bits per heavy atom. The molecule has 1 aliphatic carbocycles. The maximum atomic E-state index is 12.0. The molecule has 33 heavy (non-hydrogen) atoms. The molecule has 6 heteroatoms. The zero-order chi connectivity index (χ0) is 24.1. The van der Waals surface area contributed by atoms with Crippen LogP contribution in [-0.2, 0) is 20.4 Å². The molecule has 0 aromatic heterocycles. The lowest BCUT2D eigenvalue weighted by Crippen LogP contribution is -2.34. The second-order valence-corrected chi connectivity index (χ2v) is 11.3. The van der Waals surface area contributed by atoms with E-state index in [0.29, 0.717) is 4.91 Å². The van der Waals surface area contributed by atoms with Crippen LogP contribution in [0.5, 0.6) is 0 Å². The molecule has 0 saturated carbocycles. The molecule has 1 saturated heterocycles. The number of amides is 3. The summed E-state index contributed by atoms with van der Waals surface area (Å²) in [6, 6.07) is 10.3. The highest BCUT2D eigenvalue weighted by Crippen LogP contribution is 2.48. The van der Waals surface area contributed by atoms with Crippen LogP contribution in [0.15, 0.2) is 35.2 Å². The van der Waals surface area contributed by atoms with Gasteiger partial charge in [-0.1, -0.05) is 39.8 Å². The Morgan fingerprint density at radius 3 is 2.21 bits per heavy atom. The van der Waals surface area contributed by atoms with E-state index in [1.54, 1.807) is 6.08 Å². The van der Waals surface area contributed by atoms with Crippen LogP contribution in [0.2, 0.25) is 0 Å². The van der Waals surface area contributed by atoms with Crippen LogP contribution in [0, 0.1) is 6.92 Å². The molecule has 1 aliphatic heterocycles. The summed E-state index contributed by atoms with van der Waals surface area (Å²) < 4.78 is 0. The van der Waals surface area contributed by atoms with E-state index in [9.17, 15) is 14.4 Å². The smallest absolute Gasteiger partial charge is 0.290 e. The fourth-order valence-corrected chi connectivity index (χ4v) is 5.44. The van der Waals surface area contributed by atoms with Crippen molar-refractivity contribution in [2.75, 3.05) is 5.32 Å². The first-order valence-corrected chi connectivity index (χ1v) is 12.0. The van der Waals surface area contributed by atoms with Gasteiger partial charge in [0, 0.05) is 18.2 Å². The van der Waals surface area contributed by atoms with Crippen molar-refractivity contribution in [3.05, 3.63) is 57.5 Å². The molecule has 2 aromatic rings. The predicted octanol–water partition coefficient (Wildman–Crippen LogP) is 6.29. The largest absolute Gasteiger partial charge is 0.326 e. The van der Waals surface area contributed by atoms with Crippen molar-refractivity contribution in [3.8, 4) is 11.1 Å². The zero-order valence-corrected chi connectivity index (χ0v) is 20.8. The van der Waals surface area contributed by atoms with Crippen LogP contribution in [-0.4, -0.2) is 17.1 Å². The molecule has 0 unspecified atom stereocenters. The Balaban J connectivity index is 1.90. The fraction of sp³-hybridized carbons (Fsp3) is 0.370. The maximum Gasteiger partial charge on any atom is 0.290 e. The molecule has 4 rings (SSSR count). The molecule has 5 nitrogen and oxygen atoms in total. The molecule has 172 valence electrons. The third-order valence-corrected chi connectivity index (χ3v) is 7.59. The summed E-state index contributed by atoms with van der Waals surface area (Å²) in [5, 5.41) is 4.88. The number of fused-ring (bicyclic) bond motifs is 1. The lowest BCUT2D eigenvalue weighted by molar-refractivity contribution is -0.115. The van der Waals surface area contributed by atoms with E-state index in [0.717, 1.165) is 52.5 Å². The summed E-state index contributed by atoms with van der Waals surface area (Å²) in [6.07, 6.45) is 3.97. The van der Waals surface area contributed by atoms with Gasteiger partial charge in [-0.25, -0.2) is 0 Å². The quantitative estimate of drug-likeness (QED) is 0.525. The molecule has 0 bridgehead atoms. The highest BCUT2D eigenvalue weighted by Gasteiger charge is 2.37.